The van der Waals surface area contributed by atoms with Gasteiger partial charge in [-0.15, -0.1) is 0 Å². The van der Waals surface area contributed by atoms with E-state index in [0.29, 0.717) is 11.6 Å². The first-order valence-electron chi connectivity index (χ1n) is 5.34. The van der Waals surface area contributed by atoms with Gasteiger partial charge in [0.1, 0.15) is 0 Å². The van der Waals surface area contributed by atoms with E-state index in [0.717, 1.165) is 5.69 Å². The molecule has 92 valence electrons. The highest BCUT2D eigenvalue weighted by Crippen LogP contribution is 2.21. The maximum absolute atomic E-state index is 5.31. The zero-order valence-electron chi connectivity index (χ0n) is 10.4. The fourth-order valence-corrected chi connectivity index (χ4v) is 1.19. The molecular weight excluding hydrogens is 222 g/mol. The zero-order chi connectivity index (χ0) is 12.5. The fourth-order valence-electron chi connectivity index (χ4n) is 1.19. The van der Waals surface area contributed by atoms with Crippen LogP contribution in [0.4, 0.5) is 0 Å². The molecule has 0 aromatic carbocycles. The van der Waals surface area contributed by atoms with Crippen LogP contribution in [0.25, 0.3) is 0 Å². The van der Waals surface area contributed by atoms with Gasteiger partial charge in [-0.2, -0.15) is 4.98 Å². The lowest BCUT2D eigenvalue weighted by atomic mass is 9.96. The van der Waals surface area contributed by atoms with Crippen molar-refractivity contribution in [1.82, 2.24) is 15.3 Å². The fraction of sp³-hybridized carbons (Fsp3) is 0.545. The highest BCUT2D eigenvalue weighted by atomic mass is 16.6. The Bertz CT molecular complexity index is 496. The van der Waals surface area contributed by atoms with Gasteiger partial charge in [0.15, 0.2) is 18.2 Å². The van der Waals surface area contributed by atoms with Gasteiger partial charge in [-0.1, -0.05) is 31.1 Å². The molecule has 2 rings (SSSR count). The number of nitrogens with zero attached hydrogens (tertiary/aromatic N) is 3. The molecule has 0 aliphatic heterocycles. The molecule has 2 aromatic heterocycles. The summed E-state index contributed by atoms with van der Waals surface area (Å²) in [6.45, 7) is 8.08. The molecule has 6 nitrogen and oxygen atoms in total. The van der Waals surface area contributed by atoms with Crippen molar-refractivity contribution >= 4 is 0 Å². The van der Waals surface area contributed by atoms with Crippen molar-refractivity contribution in [3.63, 3.8) is 0 Å². The molecular formula is C11H15N3O3. The van der Waals surface area contributed by atoms with E-state index in [1.807, 2.05) is 27.7 Å². The molecule has 2 heterocycles. The molecule has 0 aliphatic rings. The molecule has 0 amide bonds. The van der Waals surface area contributed by atoms with E-state index < -0.39 is 0 Å². The quantitative estimate of drug-likeness (QED) is 0.815. The van der Waals surface area contributed by atoms with Crippen LogP contribution in [0.15, 0.2) is 15.1 Å². The van der Waals surface area contributed by atoms with Gasteiger partial charge in [-0.3, -0.25) is 4.52 Å². The minimum atomic E-state index is -0.159. The third-order valence-electron chi connectivity index (χ3n) is 2.09. The Hall–Kier alpha value is -1.85. The summed E-state index contributed by atoms with van der Waals surface area (Å²) < 4.78 is 15.3. The number of aryl methyl sites for hydroxylation is 1. The van der Waals surface area contributed by atoms with Crippen molar-refractivity contribution < 1.29 is 13.8 Å². The van der Waals surface area contributed by atoms with Crippen LogP contribution in [0, 0.1) is 6.92 Å². The smallest absolute Gasteiger partial charge is 0.417 e. The van der Waals surface area contributed by atoms with E-state index in [1.54, 1.807) is 6.07 Å². The average molecular weight is 237 g/mol. The Morgan fingerprint density at radius 1 is 1.24 bits per heavy atom. The van der Waals surface area contributed by atoms with Crippen LogP contribution in [0.2, 0.25) is 0 Å². The number of ether oxygens (including phenoxy) is 1. The standard InChI is InChI=1S/C11H15N3O3/c1-7-5-8(16-13-7)6-15-10-12-9(14-17-10)11(2,3)4/h5H,6H2,1-4H3. The highest BCUT2D eigenvalue weighted by molar-refractivity contribution is 5.04. The van der Waals surface area contributed by atoms with Gasteiger partial charge in [0.25, 0.3) is 0 Å². The predicted molar refractivity (Wildman–Crippen MR) is 58.6 cm³/mol. The molecule has 0 saturated carbocycles. The summed E-state index contributed by atoms with van der Waals surface area (Å²) in [6, 6.07) is 1.79. The van der Waals surface area contributed by atoms with Crippen molar-refractivity contribution in [3.05, 3.63) is 23.3 Å². The Morgan fingerprint density at radius 3 is 2.53 bits per heavy atom. The molecule has 2 aromatic rings. The van der Waals surface area contributed by atoms with Crippen LogP contribution < -0.4 is 4.74 Å². The summed E-state index contributed by atoms with van der Waals surface area (Å²) >= 11 is 0. The largest absolute Gasteiger partial charge is 0.441 e. The van der Waals surface area contributed by atoms with Crippen LogP contribution >= 0.6 is 0 Å². The van der Waals surface area contributed by atoms with Gasteiger partial charge in [-0.05, 0) is 6.92 Å². The molecule has 0 bridgehead atoms. The first-order chi connectivity index (χ1) is 7.95. The van der Waals surface area contributed by atoms with Crippen LogP contribution in [-0.4, -0.2) is 15.3 Å². The van der Waals surface area contributed by atoms with Crippen LogP contribution in [0.3, 0.4) is 0 Å². The summed E-state index contributed by atoms with van der Waals surface area (Å²) in [7, 11) is 0. The van der Waals surface area contributed by atoms with Crippen molar-refractivity contribution in [2.24, 2.45) is 0 Å². The Balaban J connectivity index is 1.98. The Morgan fingerprint density at radius 2 is 2.00 bits per heavy atom. The van der Waals surface area contributed by atoms with E-state index >= 15 is 0 Å². The van der Waals surface area contributed by atoms with Gasteiger partial charge in [0.2, 0.25) is 0 Å². The maximum atomic E-state index is 5.31. The molecule has 0 N–H and O–H groups in total. The molecule has 0 saturated heterocycles. The van der Waals surface area contributed by atoms with Gasteiger partial charge >= 0.3 is 6.08 Å². The first-order valence-corrected chi connectivity index (χ1v) is 5.34. The van der Waals surface area contributed by atoms with Gasteiger partial charge in [0.05, 0.1) is 5.69 Å². The topological polar surface area (TPSA) is 74.2 Å². The molecule has 0 unspecified atom stereocenters. The van der Waals surface area contributed by atoms with Gasteiger partial charge in [-0.25, -0.2) is 0 Å². The number of aromatic nitrogens is 3. The van der Waals surface area contributed by atoms with Crippen molar-refractivity contribution in [2.45, 2.75) is 39.7 Å². The normalized spacial score (nSPS) is 11.8. The van der Waals surface area contributed by atoms with E-state index in [9.17, 15) is 0 Å². The summed E-state index contributed by atoms with van der Waals surface area (Å²) in [5.74, 6) is 1.24. The molecule has 6 heteroatoms. The minimum absolute atomic E-state index is 0.143. The summed E-state index contributed by atoms with van der Waals surface area (Å²) in [5, 5.41) is 7.60. The van der Waals surface area contributed by atoms with Gasteiger partial charge in [0, 0.05) is 11.5 Å². The maximum Gasteiger partial charge on any atom is 0.417 e. The second-order valence-electron chi connectivity index (χ2n) is 4.86. The Kier molecular flexibility index (Phi) is 2.87. The summed E-state index contributed by atoms with van der Waals surface area (Å²) in [6.07, 6.45) is 0.143. The summed E-state index contributed by atoms with van der Waals surface area (Å²) in [5.41, 5.74) is 0.651. The van der Waals surface area contributed by atoms with E-state index in [1.165, 1.54) is 0 Å². The van der Waals surface area contributed by atoms with E-state index in [2.05, 4.69) is 15.3 Å². The second kappa shape index (κ2) is 4.20. The Labute approximate surface area is 98.9 Å². The van der Waals surface area contributed by atoms with E-state index in [-0.39, 0.29) is 18.1 Å². The first kappa shape index (κ1) is 11.6. The van der Waals surface area contributed by atoms with Crippen LogP contribution in [0.1, 0.15) is 38.0 Å². The van der Waals surface area contributed by atoms with E-state index in [4.69, 9.17) is 13.8 Å². The van der Waals surface area contributed by atoms with Crippen molar-refractivity contribution in [1.29, 1.82) is 0 Å². The van der Waals surface area contributed by atoms with Gasteiger partial charge < -0.3 is 9.26 Å². The average Bonchev–Trinajstić information content (AvgIpc) is 2.82. The molecule has 0 radical (unpaired) electrons. The van der Waals surface area contributed by atoms with Crippen LogP contribution in [-0.2, 0) is 12.0 Å². The molecule has 17 heavy (non-hydrogen) atoms. The molecule has 0 fully saturated rings. The third kappa shape index (κ3) is 2.83. The third-order valence-corrected chi connectivity index (χ3v) is 2.09. The molecule has 0 aliphatic carbocycles. The lowest BCUT2D eigenvalue weighted by molar-refractivity contribution is 0.172. The minimum Gasteiger partial charge on any atom is -0.441 e. The molecule has 0 spiro atoms. The zero-order valence-corrected chi connectivity index (χ0v) is 10.4. The summed E-state index contributed by atoms with van der Waals surface area (Å²) in [4.78, 5) is 4.14. The predicted octanol–water partition coefficient (Wildman–Crippen LogP) is 2.24. The second-order valence-corrected chi connectivity index (χ2v) is 4.86. The number of hydrogen-bond acceptors (Lipinski definition) is 6. The number of hydrogen-bond donors (Lipinski definition) is 0. The van der Waals surface area contributed by atoms with Crippen molar-refractivity contribution in [2.75, 3.05) is 0 Å². The van der Waals surface area contributed by atoms with Crippen LogP contribution in [0.5, 0.6) is 6.08 Å². The lowest BCUT2D eigenvalue weighted by Crippen LogP contribution is -2.13. The SMILES string of the molecule is Cc1cc(COc2nc(C(C)(C)C)no2)on1. The van der Waals surface area contributed by atoms with Crippen molar-refractivity contribution in [3.8, 4) is 6.08 Å². The number of rotatable bonds is 3. The molecule has 0 atom stereocenters. The lowest BCUT2D eigenvalue weighted by Gasteiger charge is -2.10. The highest BCUT2D eigenvalue weighted by Gasteiger charge is 2.21. The monoisotopic (exact) mass is 237 g/mol.